The molecule has 0 bridgehead atoms. The first kappa shape index (κ1) is 9.38. The molecule has 1 spiro atoms. The Morgan fingerprint density at radius 1 is 1.46 bits per heavy atom. The molecule has 0 heterocycles. The Morgan fingerprint density at radius 2 is 2.08 bits per heavy atom. The van der Waals surface area contributed by atoms with E-state index in [1.807, 2.05) is 6.92 Å². The lowest BCUT2D eigenvalue weighted by molar-refractivity contribution is -0.149. The first-order chi connectivity index (χ1) is 6.13. The highest BCUT2D eigenvalue weighted by atomic mass is 32.2. The van der Waals surface area contributed by atoms with Crippen molar-refractivity contribution in [2.45, 2.75) is 43.8 Å². The molecule has 1 N–H and O–H groups in total. The highest BCUT2D eigenvalue weighted by Gasteiger charge is 2.60. The third-order valence-electron chi connectivity index (χ3n) is 3.55. The maximum absolute atomic E-state index is 11.1. The van der Waals surface area contributed by atoms with E-state index in [2.05, 4.69) is 0 Å². The summed E-state index contributed by atoms with van der Waals surface area (Å²) in [6, 6.07) is 0. The molecular weight excluding hydrogens is 184 g/mol. The normalized spacial score (nSPS) is 27.8. The van der Waals surface area contributed by atoms with Crippen LogP contribution in [0.5, 0.6) is 0 Å². The van der Waals surface area contributed by atoms with Crippen molar-refractivity contribution in [2.24, 2.45) is 5.41 Å². The second-order valence-electron chi connectivity index (χ2n) is 4.44. The summed E-state index contributed by atoms with van der Waals surface area (Å²) in [6.07, 6.45) is 5.70. The quantitative estimate of drug-likeness (QED) is 0.760. The maximum Gasteiger partial charge on any atom is 0.319 e. The Bertz CT molecular complexity index is 225. The molecule has 0 atom stereocenters. The zero-order chi connectivity index (χ0) is 9.53. The standard InChI is InChI=1S/C10H16O2S/c1-2-13-10(8(11)12)6-9(7-10)4-3-5-9/h2-7H2,1H3,(H,11,12). The maximum atomic E-state index is 11.1. The molecule has 2 rings (SSSR count). The van der Waals surface area contributed by atoms with Crippen LogP contribution in [0.2, 0.25) is 0 Å². The summed E-state index contributed by atoms with van der Waals surface area (Å²) in [7, 11) is 0. The molecule has 0 saturated heterocycles. The van der Waals surface area contributed by atoms with E-state index in [1.165, 1.54) is 19.3 Å². The van der Waals surface area contributed by atoms with Crippen molar-refractivity contribution in [2.75, 3.05) is 5.75 Å². The molecule has 0 aliphatic heterocycles. The van der Waals surface area contributed by atoms with Gasteiger partial charge in [0, 0.05) is 0 Å². The molecule has 3 heteroatoms. The van der Waals surface area contributed by atoms with Crippen molar-refractivity contribution in [3.63, 3.8) is 0 Å². The Hall–Kier alpha value is -0.180. The van der Waals surface area contributed by atoms with E-state index in [0.29, 0.717) is 5.41 Å². The molecule has 0 amide bonds. The second-order valence-corrected chi connectivity index (χ2v) is 6.09. The van der Waals surface area contributed by atoms with E-state index in [-0.39, 0.29) is 0 Å². The average Bonchev–Trinajstić information content (AvgIpc) is 1.91. The number of carbonyl (C=O) groups is 1. The van der Waals surface area contributed by atoms with E-state index < -0.39 is 10.7 Å². The summed E-state index contributed by atoms with van der Waals surface area (Å²) >= 11 is 1.63. The summed E-state index contributed by atoms with van der Waals surface area (Å²) in [5, 5.41) is 9.15. The summed E-state index contributed by atoms with van der Waals surface area (Å²) in [5.74, 6) is 0.333. The van der Waals surface area contributed by atoms with Gasteiger partial charge in [-0.25, -0.2) is 0 Å². The molecule has 0 radical (unpaired) electrons. The highest BCUT2D eigenvalue weighted by Crippen LogP contribution is 2.64. The van der Waals surface area contributed by atoms with Crippen LogP contribution in [0.25, 0.3) is 0 Å². The number of aliphatic carboxylic acids is 1. The fourth-order valence-corrected chi connectivity index (χ4v) is 4.27. The molecule has 2 fully saturated rings. The molecule has 0 unspecified atom stereocenters. The molecule has 2 saturated carbocycles. The Balaban J connectivity index is 2.00. The van der Waals surface area contributed by atoms with Gasteiger partial charge in [0.05, 0.1) is 0 Å². The summed E-state index contributed by atoms with van der Waals surface area (Å²) < 4.78 is -0.408. The van der Waals surface area contributed by atoms with Crippen molar-refractivity contribution in [3.8, 4) is 0 Å². The predicted molar refractivity (Wildman–Crippen MR) is 54.0 cm³/mol. The second kappa shape index (κ2) is 2.91. The fourth-order valence-electron chi connectivity index (χ4n) is 2.78. The van der Waals surface area contributed by atoms with Gasteiger partial charge in [-0.05, 0) is 36.9 Å². The molecule has 0 aromatic carbocycles. The van der Waals surface area contributed by atoms with Crippen molar-refractivity contribution in [1.29, 1.82) is 0 Å². The first-order valence-corrected chi connectivity index (χ1v) is 5.98. The Labute approximate surface area is 83.1 Å². The molecule has 2 aliphatic rings. The molecule has 0 aromatic rings. The van der Waals surface area contributed by atoms with Crippen LogP contribution >= 0.6 is 11.8 Å². The van der Waals surface area contributed by atoms with Crippen molar-refractivity contribution < 1.29 is 9.90 Å². The fraction of sp³-hybridized carbons (Fsp3) is 0.900. The van der Waals surface area contributed by atoms with Crippen molar-refractivity contribution >= 4 is 17.7 Å². The highest BCUT2D eigenvalue weighted by molar-refractivity contribution is 8.01. The average molecular weight is 200 g/mol. The van der Waals surface area contributed by atoms with E-state index in [1.54, 1.807) is 11.8 Å². The number of thioether (sulfide) groups is 1. The molecule has 2 aliphatic carbocycles. The third kappa shape index (κ3) is 1.28. The van der Waals surface area contributed by atoms with Crippen LogP contribution in [0.1, 0.15) is 39.0 Å². The van der Waals surface area contributed by atoms with Gasteiger partial charge in [-0.15, -0.1) is 11.8 Å². The predicted octanol–water partition coefficient (Wildman–Crippen LogP) is 2.53. The SMILES string of the molecule is CCSC1(C(=O)O)CC2(CCC2)C1. The van der Waals surface area contributed by atoms with Gasteiger partial charge in [-0.3, -0.25) is 4.79 Å². The Morgan fingerprint density at radius 3 is 2.38 bits per heavy atom. The van der Waals surface area contributed by atoms with Gasteiger partial charge in [0.2, 0.25) is 0 Å². The zero-order valence-corrected chi connectivity index (χ0v) is 8.82. The largest absolute Gasteiger partial charge is 0.480 e. The van der Waals surface area contributed by atoms with Gasteiger partial charge in [-0.1, -0.05) is 13.3 Å². The van der Waals surface area contributed by atoms with E-state index in [9.17, 15) is 4.79 Å². The number of rotatable bonds is 3. The smallest absolute Gasteiger partial charge is 0.319 e. The van der Waals surface area contributed by atoms with E-state index >= 15 is 0 Å². The molecule has 74 valence electrons. The van der Waals surface area contributed by atoms with Gasteiger partial charge >= 0.3 is 5.97 Å². The van der Waals surface area contributed by atoms with Crippen LogP contribution in [0.3, 0.4) is 0 Å². The topological polar surface area (TPSA) is 37.3 Å². The van der Waals surface area contributed by atoms with Crippen LogP contribution < -0.4 is 0 Å². The minimum atomic E-state index is -0.586. The summed E-state index contributed by atoms with van der Waals surface area (Å²) in [4.78, 5) is 11.1. The third-order valence-corrected chi connectivity index (χ3v) is 4.85. The van der Waals surface area contributed by atoms with E-state index in [4.69, 9.17) is 5.11 Å². The molecular formula is C10H16O2S. The van der Waals surface area contributed by atoms with Crippen LogP contribution in [-0.2, 0) is 4.79 Å². The minimum Gasteiger partial charge on any atom is -0.480 e. The monoisotopic (exact) mass is 200 g/mol. The van der Waals surface area contributed by atoms with Crippen molar-refractivity contribution in [3.05, 3.63) is 0 Å². The van der Waals surface area contributed by atoms with Gasteiger partial charge < -0.3 is 5.11 Å². The van der Waals surface area contributed by atoms with Crippen LogP contribution in [0.4, 0.5) is 0 Å². The lowest BCUT2D eigenvalue weighted by Crippen LogP contribution is -2.57. The molecule has 13 heavy (non-hydrogen) atoms. The van der Waals surface area contributed by atoms with Gasteiger partial charge in [0.1, 0.15) is 4.75 Å². The molecule has 0 aromatic heterocycles. The van der Waals surface area contributed by atoms with Crippen LogP contribution in [-0.4, -0.2) is 21.6 Å². The van der Waals surface area contributed by atoms with Gasteiger partial charge in [-0.2, -0.15) is 0 Å². The van der Waals surface area contributed by atoms with Gasteiger partial charge in [0.15, 0.2) is 0 Å². The van der Waals surface area contributed by atoms with Crippen molar-refractivity contribution in [1.82, 2.24) is 0 Å². The lowest BCUT2D eigenvalue weighted by atomic mass is 9.51. The summed E-state index contributed by atoms with van der Waals surface area (Å²) in [5.41, 5.74) is 0.459. The Kier molecular flexibility index (Phi) is 2.10. The summed E-state index contributed by atoms with van der Waals surface area (Å²) in [6.45, 7) is 2.04. The lowest BCUT2D eigenvalue weighted by Gasteiger charge is -2.58. The van der Waals surface area contributed by atoms with Gasteiger partial charge in [0.25, 0.3) is 0 Å². The molecule has 2 nitrogen and oxygen atoms in total. The van der Waals surface area contributed by atoms with Crippen LogP contribution in [0, 0.1) is 5.41 Å². The van der Waals surface area contributed by atoms with Crippen LogP contribution in [0.15, 0.2) is 0 Å². The zero-order valence-electron chi connectivity index (χ0n) is 8.01. The minimum absolute atomic E-state index is 0.408. The number of hydrogen-bond donors (Lipinski definition) is 1. The first-order valence-electron chi connectivity index (χ1n) is 5.00. The van der Waals surface area contributed by atoms with E-state index in [0.717, 1.165) is 18.6 Å². The number of carboxylic acids is 1. The number of hydrogen-bond acceptors (Lipinski definition) is 2. The number of carboxylic acid groups (broad SMARTS) is 1.